The smallest absolute Gasteiger partial charge is 0.306 e. The summed E-state index contributed by atoms with van der Waals surface area (Å²) in [5.74, 6) is -1.02. The summed E-state index contributed by atoms with van der Waals surface area (Å²) in [6.45, 7) is 6.40. The molecule has 0 amide bonds. The van der Waals surface area contributed by atoms with Gasteiger partial charge in [0.25, 0.3) is 0 Å². The lowest BCUT2D eigenvalue weighted by Crippen LogP contribution is -2.30. The third-order valence-electron chi connectivity index (χ3n) is 11.4. The number of hydrogen-bond acceptors (Lipinski definition) is 6. The van der Waals surface area contributed by atoms with Gasteiger partial charge in [0.2, 0.25) is 0 Å². The Kier molecular flexibility index (Phi) is 53.0. The lowest BCUT2D eigenvalue weighted by Gasteiger charge is -2.18. The van der Waals surface area contributed by atoms with E-state index in [1.54, 1.807) is 0 Å². The molecule has 0 bridgehead atoms. The second-order valence-electron chi connectivity index (χ2n) is 18.1. The van der Waals surface area contributed by atoms with Gasteiger partial charge in [0, 0.05) is 19.3 Å². The van der Waals surface area contributed by atoms with E-state index in [0.29, 0.717) is 12.8 Å². The van der Waals surface area contributed by atoms with Crippen molar-refractivity contribution in [2.45, 2.75) is 245 Å². The van der Waals surface area contributed by atoms with Crippen LogP contribution in [-0.4, -0.2) is 37.2 Å². The maximum atomic E-state index is 12.8. The van der Waals surface area contributed by atoms with Gasteiger partial charge in [-0.05, 0) is 128 Å². The monoisotopic (exact) mass is 955 g/mol. The molecule has 0 aliphatic heterocycles. The molecular weight excluding hydrogens is 853 g/mol. The molecule has 1 atom stereocenters. The molecule has 0 fully saturated rings. The van der Waals surface area contributed by atoms with Crippen LogP contribution in [0.3, 0.4) is 0 Å². The summed E-state index contributed by atoms with van der Waals surface area (Å²) in [6.07, 6.45) is 77.6. The summed E-state index contributed by atoms with van der Waals surface area (Å²) in [7, 11) is 0. The molecule has 0 saturated carbocycles. The van der Waals surface area contributed by atoms with Crippen LogP contribution < -0.4 is 0 Å². The fourth-order valence-electron chi connectivity index (χ4n) is 7.22. The van der Waals surface area contributed by atoms with E-state index < -0.39 is 6.10 Å². The molecular formula is C63H102O6. The maximum absolute atomic E-state index is 12.8. The third kappa shape index (κ3) is 54.6. The van der Waals surface area contributed by atoms with Crippen LogP contribution in [0.2, 0.25) is 0 Å². The second kappa shape index (κ2) is 56.4. The molecule has 0 N–H and O–H groups in total. The van der Waals surface area contributed by atoms with Gasteiger partial charge >= 0.3 is 17.9 Å². The number of carbonyl (C=O) groups excluding carboxylic acids is 3. The highest BCUT2D eigenvalue weighted by Gasteiger charge is 2.19. The molecule has 390 valence electrons. The van der Waals surface area contributed by atoms with Crippen molar-refractivity contribution >= 4 is 17.9 Å². The van der Waals surface area contributed by atoms with Crippen molar-refractivity contribution in [2.75, 3.05) is 13.2 Å². The first-order valence-corrected chi connectivity index (χ1v) is 28.0. The van der Waals surface area contributed by atoms with Crippen molar-refractivity contribution in [1.82, 2.24) is 0 Å². The minimum absolute atomic E-state index is 0.121. The van der Waals surface area contributed by atoms with E-state index in [9.17, 15) is 14.4 Å². The molecule has 0 aliphatic carbocycles. The first-order chi connectivity index (χ1) is 34.0. The van der Waals surface area contributed by atoms with Gasteiger partial charge in [-0.1, -0.05) is 213 Å². The topological polar surface area (TPSA) is 78.9 Å². The SMILES string of the molecule is CC/C=C\C/C=C\C/C=C\CCCCCCCC(=O)O[C@@H](COC(=O)CCC/C=C\C/C=C\C/C=C\CCCCCCCC)COC(=O)CCCCC/C=C\C/C=C\C/C=C\C/C=C\CCCCC. The highest BCUT2D eigenvalue weighted by atomic mass is 16.6. The van der Waals surface area contributed by atoms with Crippen LogP contribution >= 0.6 is 0 Å². The van der Waals surface area contributed by atoms with E-state index in [1.807, 2.05) is 0 Å². The molecule has 69 heavy (non-hydrogen) atoms. The fraction of sp³-hybridized carbons (Fsp3) is 0.635. The van der Waals surface area contributed by atoms with E-state index >= 15 is 0 Å². The van der Waals surface area contributed by atoms with E-state index in [-0.39, 0.29) is 44.0 Å². The largest absolute Gasteiger partial charge is 0.462 e. The number of allylic oxidation sites excluding steroid dienone is 20. The van der Waals surface area contributed by atoms with E-state index in [1.165, 1.54) is 70.6 Å². The van der Waals surface area contributed by atoms with Gasteiger partial charge in [0.1, 0.15) is 13.2 Å². The van der Waals surface area contributed by atoms with Crippen LogP contribution in [0.15, 0.2) is 122 Å². The Labute approximate surface area is 424 Å². The van der Waals surface area contributed by atoms with Crippen LogP contribution in [0.25, 0.3) is 0 Å². The van der Waals surface area contributed by atoms with Crippen LogP contribution in [-0.2, 0) is 28.6 Å². The van der Waals surface area contributed by atoms with Gasteiger partial charge < -0.3 is 14.2 Å². The molecule has 0 spiro atoms. The third-order valence-corrected chi connectivity index (χ3v) is 11.4. The molecule has 6 nitrogen and oxygen atoms in total. The molecule has 0 aromatic heterocycles. The Morgan fingerprint density at radius 3 is 0.986 bits per heavy atom. The molecule has 6 heteroatoms. The van der Waals surface area contributed by atoms with Crippen LogP contribution in [0.1, 0.15) is 239 Å². The highest BCUT2D eigenvalue weighted by Crippen LogP contribution is 2.12. The standard InChI is InChI=1S/C63H102O6/c1-4-7-10-13-16-19-22-25-28-30-31-33-36-38-41-44-47-50-53-56-62(65)68-59-60(69-63(66)57-54-51-48-45-42-39-34-27-24-21-18-15-12-9-6-3)58-67-61(64)55-52-49-46-43-40-37-35-32-29-26-23-20-17-14-11-8-5-2/h9,12,16,18-19,21,25-29,31,33-35,37-38,41,43,46,60H,4-8,10-11,13-15,17,20,22-24,30,32,36,39-40,42,44-45,47-59H2,1-3H3/b12-9-,19-16-,21-18-,28-25-,29-26-,33-31-,34-27-,37-35-,41-38-,46-43-/t60-/m0/s1. The molecule has 0 aromatic carbocycles. The number of esters is 3. The van der Waals surface area contributed by atoms with Crippen molar-refractivity contribution < 1.29 is 28.6 Å². The summed E-state index contributed by atoms with van der Waals surface area (Å²) < 4.78 is 16.8. The van der Waals surface area contributed by atoms with Gasteiger partial charge in [-0.15, -0.1) is 0 Å². The number of ether oxygens (including phenoxy) is 3. The molecule has 0 rings (SSSR count). The first-order valence-electron chi connectivity index (χ1n) is 28.0. The predicted octanol–water partition coefficient (Wildman–Crippen LogP) is 18.9. The molecule has 0 aromatic rings. The summed E-state index contributed by atoms with van der Waals surface area (Å²) in [4.78, 5) is 38.1. The second-order valence-corrected chi connectivity index (χ2v) is 18.1. The lowest BCUT2D eigenvalue weighted by atomic mass is 10.1. The van der Waals surface area contributed by atoms with E-state index in [2.05, 4.69) is 142 Å². The Bertz CT molecular complexity index is 1470. The normalized spacial score (nSPS) is 13.0. The average molecular weight is 956 g/mol. The quantitative estimate of drug-likeness (QED) is 0.0262. The Morgan fingerprint density at radius 1 is 0.304 bits per heavy atom. The first kappa shape index (κ1) is 64.8. The Balaban J connectivity index is 4.56. The number of rotatable bonds is 49. The summed E-state index contributed by atoms with van der Waals surface area (Å²) in [5.41, 5.74) is 0. The predicted molar refractivity (Wildman–Crippen MR) is 297 cm³/mol. The van der Waals surface area contributed by atoms with Crippen LogP contribution in [0, 0.1) is 0 Å². The van der Waals surface area contributed by atoms with Crippen molar-refractivity contribution in [3.05, 3.63) is 122 Å². The number of hydrogen-bond donors (Lipinski definition) is 0. The van der Waals surface area contributed by atoms with E-state index in [0.717, 1.165) is 122 Å². The average Bonchev–Trinajstić information content (AvgIpc) is 3.35. The van der Waals surface area contributed by atoms with E-state index in [4.69, 9.17) is 14.2 Å². The van der Waals surface area contributed by atoms with Gasteiger partial charge in [0.05, 0.1) is 0 Å². The fourth-order valence-corrected chi connectivity index (χ4v) is 7.22. The summed E-state index contributed by atoms with van der Waals surface area (Å²) in [5, 5.41) is 0. The van der Waals surface area contributed by atoms with Gasteiger partial charge in [0.15, 0.2) is 6.10 Å². The van der Waals surface area contributed by atoms with Crippen LogP contribution in [0.5, 0.6) is 0 Å². The maximum Gasteiger partial charge on any atom is 0.306 e. The molecule has 0 unspecified atom stereocenters. The van der Waals surface area contributed by atoms with Gasteiger partial charge in [-0.3, -0.25) is 14.4 Å². The minimum atomic E-state index is -0.825. The zero-order valence-corrected chi connectivity index (χ0v) is 44.5. The molecule has 0 radical (unpaired) electrons. The highest BCUT2D eigenvalue weighted by molar-refractivity contribution is 5.71. The van der Waals surface area contributed by atoms with Crippen molar-refractivity contribution in [1.29, 1.82) is 0 Å². The molecule has 0 heterocycles. The summed E-state index contributed by atoms with van der Waals surface area (Å²) >= 11 is 0. The van der Waals surface area contributed by atoms with Crippen LogP contribution in [0.4, 0.5) is 0 Å². The number of unbranched alkanes of at least 4 members (excludes halogenated alkanes) is 18. The zero-order valence-electron chi connectivity index (χ0n) is 44.5. The van der Waals surface area contributed by atoms with Crippen molar-refractivity contribution in [3.63, 3.8) is 0 Å². The zero-order chi connectivity index (χ0) is 50.0. The molecule has 0 saturated heterocycles. The lowest BCUT2D eigenvalue weighted by molar-refractivity contribution is -0.167. The van der Waals surface area contributed by atoms with Gasteiger partial charge in [-0.25, -0.2) is 0 Å². The summed E-state index contributed by atoms with van der Waals surface area (Å²) in [6, 6.07) is 0. The van der Waals surface area contributed by atoms with Gasteiger partial charge in [-0.2, -0.15) is 0 Å². The minimum Gasteiger partial charge on any atom is -0.462 e. The Hall–Kier alpha value is -4.19. The van der Waals surface area contributed by atoms with Crippen molar-refractivity contribution in [3.8, 4) is 0 Å². The Morgan fingerprint density at radius 2 is 0.580 bits per heavy atom. The molecule has 0 aliphatic rings. The number of carbonyl (C=O) groups is 3. The van der Waals surface area contributed by atoms with Crippen molar-refractivity contribution in [2.24, 2.45) is 0 Å².